The van der Waals surface area contributed by atoms with Crippen molar-refractivity contribution in [2.75, 3.05) is 0 Å². The highest BCUT2D eigenvalue weighted by molar-refractivity contribution is 8.00. The Morgan fingerprint density at radius 2 is 2.00 bits per heavy atom. The van der Waals surface area contributed by atoms with Crippen molar-refractivity contribution < 1.29 is 0 Å². The lowest BCUT2D eigenvalue weighted by Gasteiger charge is -2.14. The highest BCUT2D eigenvalue weighted by atomic mass is 32.2. The summed E-state index contributed by atoms with van der Waals surface area (Å²) in [7, 11) is 0. The molecular weight excluding hydrogens is 362 g/mol. The van der Waals surface area contributed by atoms with Gasteiger partial charge in [-0.15, -0.1) is 11.3 Å². The highest BCUT2D eigenvalue weighted by Gasteiger charge is 2.23. The van der Waals surface area contributed by atoms with E-state index in [2.05, 4.69) is 6.07 Å². The first-order valence-electron chi connectivity index (χ1n) is 8.79. The van der Waals surface area contributed by atoms with Crippen LogP contribution in [0.25, 0.3) is 15.9 Å². The minimum Gasteiger partial charge on any atom is -0.268 e. The van der Waals surface area contributed by atoms with E-state index in [0.717, 1.165) is 40.7 Å². The van der Waals surface area contributed by atoms with Gasteiger partial charge in [-0.1, -0.05) is 29.5 Å². The van der Waals surface area contributed by atoms with Crippen molar-refractivity contribution in [2.45, 2.75) is 49.9 Å². The highest BCUT2D eigenvalue weighted by Crippen LogP contribution is 2.35. The van der Waals surface area contributed by atoms with Crippen LogP contribution in [0.4, 0.5) is 0 Å². The molecule has 2 heterocycles. The molecule has 1 atom stereocenters. The maximum atomic E-state index is 13.5. The second-order valence-corrected chi connectivity index (χ2v) is 9.04. The lowest BCUT2D eigenvalue weighted by Crippen LogP contribution is -2.22. The molecule has 0 bridgehead atoms. The lowest BCUT2D eigenvalue weighted by molar-refractivity contribution is 0.699. The molecule has 0 N–H and O–H groups in total. The Labute approximate surface area is 160 Å². The summed E-state index contributed by atoms with van der Waals surface area (Å²) < 4.78 is 1.68. The van der Waals surface area contributed by atoms with Crippen LogP contribution in [-0.2, 0) is 12.8 Å². The number of thiophene rings is 1. The number of benzene rings is 1. The standard InChI is InChI=1S/C20H19N3OS2/c1-12-7-9-14(10-8-12)23-19(24)17-15-5-3-4-6-16(15)26-18(17)22-20(23)25-13(2)11-21/h7-10,13H,3-6H2,1-2H3/t13-/m1/s1. The maximum absolute atomic E-state index is 13.5. The van der Waals surface area contributed by atoms with Crippen molar-refractivity contribution >= 4 is 33.3 Å². The van der Waals surface area contributed by atoms with Gasteiger partial charge in [0.2, 0.25) is 0 Å². The molecule has 3 aromatic rings. The monoisotopic (exact) mass is 381 g/mol. The van der Waals surface area contributed by atoms with Crippen LogP contribution in [-0.4, -0.2) is 14.8 Å². The fraction of sp³-hybridized carbons (Fsp3) is 0.350. The normalized spacial score (nSPS) is 14.8. The van der Waals surface area contributed by atoms with Crippen LogP contribution >= 0.6 is 23.1 Å². The van der Waals surface area contributed by atoms with Crippen molar-refractivity contribution in [3.05, 3.63) is 50.6 Å². The molecule has 132 valence electrons. The minimum atomic E-state index is -0.273. The molecule has 1 aromatic carbocycles. The molecule has 0 fully saturated rings. The molecule has 4 rings (SSSR count). The van der Waals surface area contributed by atoms with Gasteiger partial charge in [0.15, 0.2) is 5.16 Å². The zero-order valence-electron chi connectivity index (χ0n) is 14.8. The largest absolute Gasteiger partial charge is 0.268 e. The Balaban J connectivity index is 2.01. The second kappa shape index (κ2) is 6.90. The number of thioether (sulfide) groups is 1. The SMILES string of the molecule is Cc1ccc(-n2c(S[C@H](C)C#N)nc3sc4c(c3c2=O)CCCC4)cc1. The van der Waals surface area contributed by atoms with E-state index in [1.54, 1.807) is 15.9 Å². The van der Waals surface area contributed by atoms with Crippen molar-refractivity contribution in [3.63, 3.8) is 0 Å². The van der Waals surface area contributed by atoms with Crippen molar-refractivity contribution in [3.8, 4) is 11.8 Å². The summed E-state index contributed by atoms with van der Waals surface area (Å²) in [6, 6.07) is 10.1. The average Bonchev–Trinajstić information content (AvgIpc) is 3.01. The number of aryl methyl sites for hydroxylation is 3. The van der Waals surface area contributed by atoms with Gasteiger partial charge in [0.25, 0.3) is 5.56 Å². The van der Waals surface area contributed by atoms with Gasteiger partial charge in [0.05, 0.1) is 22.4 Å². The van der Waals surface area contributed by atoms with Gasteiger partial charge >= 0.3 is 0 Å². The first kappa shape index (κ1) is 17.3. The molecule has 0 spiro atoms. The van der Waals surface area contributed by atoms with Crippen LogP contribution < -0.4 is 5.56 Å². The van der Waals surface area contributed by atoms with Crippen molar-refractivity contribution in [1.82, 2.24) is 9.55 Å². The van der Waals surface area contributed by atoms with E-state index >= 15 is 0 Å². The van der Waals surface area contributed by atoms with E-state index in [9.17, 15) is 10.1 Å². The summed E-state index contributed by atoms with van der Waals surface area (Å²) in [6.07, 6.45) is 4.31. The third-order valence-corrected chi connectivity index (χ3v) is 6.84. The number of hydrogen-bond donors (Lipinski definition) is 0. The summed E-state index contributed by atoms with van der Waals surface area (Å²) in [5.41, 5.74) is 3.13. The summed E-state index contributed by atoms with van der Waals surface area (Å²) >= 11 is 2.99. The molecule has 0 saturated heterocycles. The Hall–Kier alpha value is -2.10. The number of aromatic nitrogens is 2. The topological polar surface area (TPSA) is 58.7 Å². The molecule has 0 amide bonds. The average molecular weight is 382 g/mol. The van der Waals surface area contributed by atoms with E-state index < -0.39 is 0 Å². The zero-order valence-corrected chi connectivity index (χ0v) is 16.4. The molecule has 0 radical (unpaired) electrons. The molecule has 4 nitrogen and oxygen atoms in total. The smallest absolute Gasteiger partial charge is 0.267 e. The van der Waals surface area contributed by atoms with E-state index in [4.69, 9.17) is 4.98 Å². The van der Waals surface area contributed by atoms with Crippen LogP contribution in [0.2, 0.25) is 0 Å². The quantitative estimate of drug-likeness (QED) is 0.490. The van der Waals surface area contributed by atoms with Gasteiger partial charge in [-0.2, -0.15) is 5.26 Å². The van der Waals surface area contributed by atoms with E-state index in [-0.39, 0.29) is 10.8 Å². The molecule has 1 aliphatic carbocycles. The molecule has 0 unspecified atom stereocenters. The fourth-order valence-electron chi connectivity index (χ4n) is 3.37. The molecular formula is C20H19N3OS2. The maximum Gasteiger partial charge on any atom is 0.267 e. The van der Waals surface area contributed by atoms with Crippen molar-refractivity contribution in [1.29, 1.82) is 5.26 Å². The third-order valence-electron chi connectivity index (χ3n) is 4.71. The number of rotatable bonds is 3. The van der Waals surface area contributed by atoms with E-state index in [1.165, 1.54) is 28.6 Å². The van der Waals surface area contributed by atoms with Gasteiger partial charge in [-0.05, 0) is 57.2 Å². The van der Waals surface area contributed by atoms with Crippen molar-refractivity contribution in [2.24, 2.45) is 0 Å². The van der Waals surface area contributed by atoms with Crippen LogP contribution in [0.15, 0.2) is 34.2 Å². The molecule has 2 aromatic heterocycles. The van der Waals surface area contributed by atoms with Crippen LogP contribution in [0.1, 0.15) is 35.8 Å². The first-order valence-corrected chi connectivity index (χ1v) is 10.5. The summed E-state index contributed by atoms with van der Waals surface area (Å²) in [5, 5.41) is 10.3. The lowest BCUT2D eigenvalue weighted by atomic mass is 9.97. The molecule has 26 heavy (non-hydrogen) atoms. The Morgan fingerprint density at radius 3 is 2.73 bits per heavy atom. The molecule has 0 aliphatic heterocycles. The minimum absolute atomic E-state index is 0.00843. The molecule has 0 saturated carbocycles. The summed E-state index contributed by atoms with van der Waals surface area (Å²) in [4.78, 5) is 20.4. The number of hydrogen-bond acceptors (Lipinski definition) is 5. The Kier molecular flexibility index (Phi) is 4.60. The Bertz CT molecular complexity index is 1070. The van der Waals surface area contributed by atoms with Crippen LogP contribution in [0, 0.1) is 18.3 Å². The number of nitrogens with zero attached hydrogens (tertiary/aromatic N) is 3. The fourth-order valence-corrected chi connectivity index (χ4v) is 5.49. The van der Waals surface area contributed by atoms with E-state index in [1.807, 2.05) is 38.1 Å². The second-order valence-electron chi connectivity index (χ2n) is 6.65. The number of fused-ring (bicyclic) bond motifs is 3. The van der Waals surface area contributed by atoms with Gasteiger partial charge in [0, 0.05) is 4.88 Å². The van der Waals surface area contributed by atoms with E-state index in [0.29, 0.717) is 5.16 Å². The van der Waals surface area contributed by atoms with Gasteiger partial charge < -0.3 is 0 Å². The van der Waals surface area contributed by atoms with Gasteiger partial charge in [0.1, 0.15) is 4.83 Å². The third kappa shape index (κ3) is 2.95. The molecule has 6 heteroatoms. The van der Waals surface area contributed by atoms with Gasteiger partial charge in [-0.25, -0.2) is 4.98 Å². The predicted molar refractivity (Wildman–Crippen MR) is 108 cm³/mol. The predicted octanol–water partition coefficient (Wildman–Crippen LogP) is 4.64. The number of nitriles is 1. The Morgan fingerprint density at radius 1 is 1.27 bits per heavy atom. The van der Waals surface area contributed by atoms with Gasteiger partial charge in [-0.3, -0.25) is 9.36 Å². The molecule has 1 aliphatic rings. The summed E-state index contributed by atoms with van der Waals surface area (Å²) in [5.74, 6) is 0. The van der Waals surface area contributed by atoms with Crippen LogP contribution in [0.3, 0.4) is 0 Å². The van der Waals surface area contributed by atoms with Crippen LogP contribution in [0.5, 0.6) is 0 Å². The zero-order chi connectivity index (χ0) is 18.3. The first-order chi connectivity index (χ1) is 12.6. The summed E-state index contributed by atoms with van der Waals surface area (Å²) in [6.45, 7) is 3.86.